The van der Waals surface area contributed by atoms with E-state index in [4.69, 9.17) is 0 Å². The molecule has 0 unspecified atom stereocenters. The summed E-state index contributed by atoms with van der Waals surface area (Å²) < 4.78 is 13.0. The minimum Gasteiger partial charge on any atom is -0.267 e. The van der Waals surface area contributed by atoms with Crippen molar-refractivity contribution in [3.8, 4) is 0 Å². The summed E-state index contributed by atoms with van der Waals surface area (Å²) in [7, 11) is 0. The zero-order valence-corrected chi connectivity index (χ0v) is 6.87. The highest BCUT2D eigenvalue weighted by atomic mass is 19.1. The van der Waals surface area contributed by atoms with Crippen molar-refractivity contribution in [2.45, 2.75) is 6.92 Å². The molecule has 1 amide bonds. The van der Waals surface area contributed by atoms with Crippen LogP contribution in [0.15, 0.2) is 23.5 Å². The van der Waals surface area contributed by atoms with Gasteiger partial charge in [0.25, 0.3) is 5.91 Å². The van der Waals surface area contributed by atoms with Gasteiger partial charge in [0.1, 0.15) is 5.82 Å². The molecule has 1 N–H and O–H groups in total. The van der Waals surface area contributed by atoms with E-state index >= 15 is 0 Å². The summed E-state index contributed by atoms with van der Waals surface area (Å²) in [6.45, 7) is 1.70. The summed E-state index contributed by atoms with van der Waals surface area (Å²) in [5, 5.41) is 2.16. The van der Waals surface area contributed by atoms with E-state index < -0.39 is 11.7 Å². The standard InChI is InChI=1S/C8H7FN2O2/c1-5-2-3-6(7(9)4-5)8(12)10-11-13/h2-4H,1H3,(H,10,12,13). The number of nitroso groups, excluding NO2 is 1. The Hall–Kier alpha value is -1.78. The molecule has 1 aromatic rings. The summed E-state index contributed by atoms with van der Waals surface area (Å²) in [4.78, 5) is 20.6. The van der Waals surface area contributed by atoms with Crippen molar-refractivity contribution in [2.24, 2.45) is 5.29 Å². The van der Waals surface area contributed by atoms with Gasteiger partial charge in [-0.1, -0.05) is 6.07 Å². The molecule has 0 aliphatic carbocycles. The number of nitrogens with zero attached hydrogens (tertiary/aromatic N) is 1. The van der Waals surface area contributed by atoms with Gasteiger partial charge in [-0.3, -0.25) is 4.79 Å². The summed E-state index contributed by atoms with van der Waals surface area (Å²) in [5.41, 5.74) is 2.12. The molecule has 0 saturated carbocycles. The highest BCUT2D eigenvalue weighted by Crippen LogP contribution is 2.09. The maximum atomic E-state index is 13.0. The molecule has 13 heavy (non-hydrogen) atoms. The van der Waals surface area contributed by atoms with Crippen molar-refractivity contribution in [1.29, 1.82) is 0 Å². The second kappa shape index (κ2) is 3.75. The first-order valence-corrected chi connectivity index (χ1v) is 3.54. The number of aryl methyl sites for hydroxylation is 1. The molecule has 5 heteroatoms. The zero-order valence-electron chi connectivity index (χ0n) is 6.87. The number of benzene rings is 1. The Labute approximate surface area is 73.7 Å². The molecule has 4 nitrogen and oxygen atoms in total. The SMILES string of the molecule is Cc1ccc(C(=O)NN=O)c(F)c1. The van der Waals surface area contributed by atoms with Crippen LogP contribution < -0.4 is 5.43 Å². The average molecular weight is 182 g/mol. The second-order valence-electron chi connectivity index (χ2n) is 2.52. The summed E-state index contributed by atoms with van der Waals surface area (Å²) >= 11 is 0. The van der Waals surface area contributed by atoms with E-state index in [9.17, 15) is 14.1 Å². The van der Waals surface area contributed by atoms with E-state index in [-0.39, 0.29) is 5.56 Å². The molecule has 0 aromatic heterocycles. The van der Waals surface area contributed by atoms with Gasteiger partial charge in [0.2, 0.25) is 0 Å². The van der Waals surface area contributed by atoms with Gasteiger partial charge in [-0.2, -0.15) is 0 Å². The number of nitrogens with one attached hydrogen (secondary N) is 1. The van der Waals surface area contributed by atoms with Crippen molar-refractivity contribution in [3.63, 3.8) is 0 Å². The maximum Gasteiger partial charge on any atom is 0.276 e. The lowest BCUT2D eigenvalue weighted by atomic mass is 10.1. The van der Waals surface area contributed by atoms with Crippen molar-refractivity contribution < 1.29 is 9.18 Å². The normalized spacial score (nSPS) is 9.38. The largest absolute Gasteiger partial charge is 0.276 e. The third kappa shape index (κ3) is 2.08. The van der Waals surface area contributed by atoms with Crippen LogP contribution in [0.3, 0.4) is 0 Å². The van der Waals surface area contributed by atoms with Gasteiger partial charge < -0.3 is 0 Å². The van der Waals surface area contributed by atoms with Crippen LogP contribution in [0.2, 0.25) is 0 Å². The molecular formula is C8H7FN2O2. The fourth-order valence-electron chi connectivity index (χ4n) is 0.906. The van der Waals surface area contributed by atoms with Crippen LogP contribution in [0, 0.1) is 17.6 Å². The monoisotopic (exact) mass is 182 g/mol. The van der Waals surface area contributed by atoms with Gasteiger partial charge in [0, 0.05) is 0 Å². The molecule has 0 radical (unpaired) electrons. The van der Waals surface area contributed by atoms with E-state index in [1.54, 1.807) is 18.4 Å². The number of carbonyl (C=O) groups is 1. The fourth-order valence-corrected chi connectivity index (χ4v) is 0.906. The van der Waals surface area contributed by atoms with Crippen molar-refractivity contribution in [3.05, 3.63) is 40.1 Å². The molecule has 0 atom stereocenters. The van der Waals surface area contributed by atoms with Gasteiger partial charge in [0.05, 0.1) is 10.8 Å². The molecule has 0 aliphatic heterocycles. The number of hydrogen-bond acceptors (Lipinski definition) is 3. The fraction of sp³-hybridized carbons (Fsp3) is 0.125. The van der Waals surface area contributed by atoms with Crippen LogP contribution in [0.25, 0.3) is 0 Å². The van der Waals surface area contributed by atoms with E-state index in [0.717, 1.165) is 0 Å². The molecular weight excluding hydrogens is 175 g/mol. The van der Waals surface area contributed by atoms with Crippen molar-refractivity contribution >= 4 is 5.91 Å². The molecule has 0 aliphatic rings. The molecule has 0 spiro atoms. The molecule has 1 rings (SSSR count). The second-order valence-corrected chi connectivity index (χ2v) is 2.52. The number of carbonyl (C=O) groups excluding carboxylic acids is 1. The Morgan fingerprint density at radius 3 is 2.77 bits per heavy atom. The average Bonchev–Trinajstić information content (AvgIpc) is 2.04. The zero-order chi connectivity index (χ0) is 9.84. The van der Waals surface area contributed by atoms with E-state index in [2.05, 4.69) is 5.29 Å². The molecule has 0 bridgehead atoms. The van der Waals surface area contributed by atoms with Crippen LogP contribution in [0.1, 0.15) is 15.9 Å². The first-order chi connectivity index (χ1) is 6.15. The Kier molecular flexibility index (Phi) is 2.69. The summed E-state index contributed by atoms with van der Waals surface area (Å²) in [6.07, 6.45) is 0. The number of hydrogen-bond donors (Lipinski definition) is 1. The first-order valence-electron chi connectivity index (χ1n) is 3.54. The summed E-state index contributed by atoms with van der Waals surface area (Å²) in [5.74, 6) is -1.51. The third-order valence-corrected chi connectivity index (χ3v) is 1.52. The molecule has 0 fully saturated rings. The quantitative estimate of drug-likeness (QED) is 0.557. The van der Waals surface area contributed by atoms with Crippen LogP contribution in [0.5, 0.6) is 0 Å². The predicted molar refractivity (Wildman–Crippen MR) is 44.4 cm³/mol. The lowest BCUT2D eigenvalue weighted by molar-refractivity contribution is 0.0950. The molecule has 0 heterocycles. The van der Waals surface area contributed by atoms with Crippen molar-refractivity contribution in [1.82, 2.24) is 5.43 Å². The number of halogens is 1. The highest BCUT2D eigenvalue weighted by Gasteiger charge is 2.10. The Balaban J connectivity index is 3.01. The predicted octanol–water partition coefficient (Wildman–Crippen LogP) is 1.55. The highest BCUT2D eigenvalue weighted by molar-refractivity contribution is 5.94. The minimum absolute atomic E-state index is 0.190. The maximum absolute atomic E-state index is 13.0. The number of amides is 1. The van der Waals surface area contributed by atoms with Gasteiger partial charge in [-0.25, -0.2) is 9.82 Å². The topological polar surface area (TPSA) is 58.5 Å². The minimum atomic E-state index is -0.840. The Morgan fingerprint density at radius 1 is 1.54 bits per heavy atom. The summed E-state index contributed by atoms with van der Waals surface area (Å²) in [6, 6.07) is 4.08. The first kappa shape index (κ1) is 9.31. The van der Waals surface area contributed by atoms with E-state index in [1.165, 1.54) is 12.1 Å². The van der Waals surface area contributed by atoms with Crippen LogP contribution in [0.4, 0.5) is 4.39 Å². The van der Waals surface area contributed by atoms with Crippen LogP contribution in [-0.2, 0) is 0 Å². The lowest BCUT2D eigenvalue weighted by Crippen LogP contribution is -2.17. The van der Waals surface area contributed by atoms with Crippen molar-refractivity contribution in [2.75, 3.05) is 0 Å². The third-order valence-electron chi connectivity index (χ3n) is 1.52. The lowest BCUT2D eigenvalue weighted by Gasteiger charge is -2.00. The van der Waals surface area contributed by atoms with Crippen LogP contribution >= 0.6 is 0 Å². The van der Waals surface area contributed by atoms with Gasteiger partial charge in [0.15, 0.2) is 0 Å². The smallest absolute Gasteiger partial charge is 0.267 e. The van der Waals surface area contributed by atoms with Crippen LogP contribution in [-0.4, -0.2) is 5.91 Å². The van der Waals surface area contributed by atoms with Gasteiger partial charge >= 0.3 is 0 Å². The number of rotatable bonds is 2. The Morgan fingerprint density at radius 2 is 2.23 bits per heavy atom. The van der Waals surface area contributed by atoms with E-state index in [1.807, 2.05) is 0 Å². The molecule has 68 valence electrons. The molecule has 1 aromatic carbocycles. The van der Waals surface area contributed by atoms with Gasteiger partial charge in [-0.15, -0.1) is 4.91 Å². The van der Waals surface area contributed by atoms with E-state index in [0.29, 0.717) is 5.56 Å². The molecule has 0 saturated heterocycles. The van der Waals surface area contributed by atoms with Gasteiger partial charge in [-0.05, 0) is 24.6 Å². The Bertz CT molecular complexity index is 352.